The summed E-state index contributed by atoms with van der Waals surface area (Å²) in [6.45, 7) is 1.70. The third kappa shape index (κ3) is 2.37. The van der Waals surface area contributed by atoms with E-state index < -0.39 is 45.4 Å². The molecule has 4 atom stereocenters. The number of ether oxygens (including phenoxy) is 2. The quantitative estimate of drug-likeness (QED) is 0.591. The normalized spacial score (nSPS) is 33.7. The smallest absolute Gasteiger partial charge is 0.458 e. The molecule has 0 aromatic carbocycles. The van der Waals surface area contributed by atoms with Crippen molar-refractivity contribution in [2.45, 2.75) is 37.2 Å². The van der Waals surface area contributed by atoms with Crippen LogP contribution in [0.2, 0.25) is 0 Å². The molecule has 2 rings (SSSR count). The van der Waals surface area contributed by atoms with Gasteiger partial charge < -0.3 is 9.47 Å². The summed E-state index contributed by atoms with van der Waals surface area (Å²) in [5, 5.41) is -5.04. The Bertz CT molecular complexity index is 544. The molecule has 0 aromatic rings. The predicted molar refractivity (Wildman–Crippen MR) is 58.1 cm³/mol. The maximum absolute atomic E-state index is 13.1. The van der Waals surface area contributed by atoms with E-state index >= 15 is 0 Å². The van der Waals surface area contributed by atoms with Crippen LogP contribution in [-0.2, 0) is 29.2 Å². The van der Waals surface area contributed by atoms with Crippen molar-refractivity contribution in [3.05, 3.63) is 0 Å². The minimum absolute atomic E-state index is 0.0871. The molecule has 1 heterocycles. The first-order valence-electron chi connectivity index (χ1n) is 5.79. The molecule has 1 saturated heterocycles. The van der Waals surface area contributed by atoms with Crippen molar-refractivity contribution in [1.82, 2.24) is 0 Å². The number of hydrogen-bond donors (Lipinski definition) is 1. The molecule has 0 amide bonds. The first-order valence-corrected chi connectivity index (χ1v) is 7.23. The van der Waals surface area contributed by atoms with Gasteiger partial charge in [0.1, 0.15) is 12.2 Å². The molecule has 0 aromatic heterocycles. The Labute approximate surface area is 113 Å². The van der Waals surface area contributed by atoms with Crippen molar-refractivity contribution in [3.63, 3.8) is 0 Å². The van der Waals surface area contributed by atoms with Crippen LogP contribution >= 0.6 is 0 Å². The fourth-order valence-electron chi connectivity index (χ4n) is 2.60. The zero-order valence-corrected chi connectivity index (χ0v) is 11.1. The minimum atomic E-state index is -5.91. The van der Waals surface area contributed by atoms with E-state index in [1.807, 2.05) is 0 Å². The monoisotopic (exact) mass is 314 g/mol. The summed E-state index contributed by atoms with van der Waals surface area (Å²) in [5.41, 5.74) is 0. The molecule has 0 radical (unpaired) electrons. The summed E-state index contributed by atoms with van der Waals surface area (Å²) in [7, 11) is -5.91. The largest absolute Gasteiger partial charge is 0.465 e. The Morgan fingerprint density at radius 2 is 2.10 bits per heavy atom. The van der Waals surface area contributed by atoms with Crippen LogP contribution in [0.4, 0.5) is 8.78 Å². The molecule has 2 aliphatic rings. The molecular formula is C10H12F2O7S. The maximum Gasteiger partial charge on any atom is 0.465 e. The summed E-state index contributed by atoms with van der Waals surface area (Å²) in [6.07, 6.45) is -1.65. The highest BCUT2D eigenvalue weighted by Gasteiger charge is 2.58. The van der Waals surface area contributed by atoms with E-state index in [4.69, 9.17) is 9.29 Å². The molecule has 0 spiro atoms. The predicted octanol–water partition coefficient (Wildman–Crippen LogP) is 0.350. The highest BCUT2D eigenvalue weighted by Crippen LogP contribution is 2.42. The van der Waals surface area contributed by atoms with Gasteiger partial charge in [0.05, 0.1) is 6.42 Å². The van der Waals surface area contributed by atoms with Gasteiger partial charge in [-0.3, -0.25) is 9.35 Å². The van der Waals surface area contributed by atoms with Crippen LogP contribution in [0.25, 0.3) is 0 Å². The van der Waals surface area contributed by atoms with Crippen LogP contribution < -0.4 is 0 Å². The third-order valence-corrected chi connectivity index (χ3v) is 4.34. The summed E-state index contributed by atoms with van der Waals surface area (Å²) in [5.74, 6) is -3.56. The van der Waals surface area contributed by atoms with Crippen LogP contribution in [0.15, 0.2) is 0 Å². The Morgan fingerprint density at radius 1 is 1.50 bits per heavy atom. The van der Waals surface area contributed by atoms with Gasteiger partial charge in [-0.25, -0.2) is 4.79 Å². The molecule has 1 saturated carbocycles. The number of carbonyl (C=O) groups is 2. The van der Waals surface area contributed by atoms with E-state index in [2.05, 4.69) is 4.74 Å². The molecule has 114 valence electrons. The standard InChI is InChI=1S/C10H12F2O7S/c1-4-2-5-3-6(13)18-7(4)8(5)19-9(14)10(11,12)20(15,16)17/h4-5,7-8H,2-3H2,1H3,(H,15,16,17). The van der Waals surface area contributed by atoms with E-state index in [0.29, 0.717) is 6.42 Å². The van der Waals surface area contributed by atoms with Gasteiger partial charge in [0.2, 0.25) is 0 Å². The van der Waals surface area contributed by atoms with Gasteiger partial charge >= 0.3 is 27.3 Å². The number of fused-ring (bicyclic) bond motifs is 2. The molecule has 1 aliphatic carbocycles. The number of halogens is 2. The van der Waals surface area contributed by atoms with Crippen molar-refractivity contribution in [2.75, 3.05) is 0 Å². The van der Waals surface area contributed by atoms with E-state index in [9.17, 15) is 26.8 Å². The highest BCUT2D eigenvalue weighted by molar-refractivity contribution is 7.87. The lowest BCUT2D eigenvalue weighted by Crippen LogP contribution is -2.47. The molecule has 1 aliphatic heterocycles. The van der Waals surface area contributed by atoms with Crippen molar-refractivity contribution in [3.8, 4) is 0 Å². The van der Waals surface area contributed by atoms with Gasteiger partial charge in [-0.2, -0.15) is 17.2 Å². The lowest BCUT2D eigenvalue weighted by atomic mass is 9.99. The number of rotatable bonds is 3. The van der Waals surface area contributed by atoms with Gasteiger partial charge in [0, 0.05) is 5.92 Å². The van der Waals surface area contributed by atoms with E-state index in [1.54, 1.807) is 6.92 Å². The molecular weight excluding hydrogens is 302 g/mol. The number of carbonyl (C=O) groups excluding carboxylic acids is 2. The topological polar surface area (TPSA) is 107 Å². The zero-order chi connectivity index (χ0) is 15.3. The summed E-state index contributed by atoms with van der Waals surface area (Å²) < 4.78 is 64.8. The van der Waals surface area contributed by atoms with Crippen LogP contribution in [0.5, 0.6) is 0 Å². The maximum atomic E-state index is 13.1. The van der Waals surface area contributed by atoms with Gasteiger partial charge in [0.15, 0.2) is 0 Å². The molecule has 2 bridgehead atoms. The van der Waals surface area contributed by atoms with Crippen LogP contribution in [0.1, 0.15) is 19.8 Å². The average molecular weight is 314 g/mol. The molecule has 4 unspecified atom stereocenters. The second-order valence-electron chi connectivity index (χ2n) is 4.99. The fraction of sp³-hybridized carbons (Fsp3) is 0.800. The summed E-state index contributed by atoms with van der Waals surface area (Å²) in [4.78, 5) is 22.4. The zero-order valence-electron chi connectivity index (χ0n) is 10.3. The lowest BCUT2D eigenvalue weighted by molar-refractivity contribution is -0.188. The molecule has 2 fully saturated rings. The number of esters is 2. The minimum Gasteiger partial charge on any atom is -0.458 e. The Kier molecular flexibility index (Phi) is 3.49. The van der Waals surface area contributed by atoms with Gasteiger partial charge in [-0.1, -0.05) is 6.92 Å². The number of hydrogen-bond acceptors (Lipinski definition) is 6. The SMILES string of the molecule is CC1CC2CC(=O)OC1C2OC(=O)C(F)(F)S(=O)(=O)O. The van der Waals surface area contributed by atoms with Crippen LogP contribution in [-0.4, -0.2) is 42.4 Å². The van der Waals surface area contributed by atoms with E-state index in [-0.39, 0.29) is 12.3 Å². The van der Waals surface area contributed by atoms with Crippen LogP contribution in [0.3, 0.4) is 0 Å². The van der Waals surface area contributed by atoms with E-state index in [0.717, 1.165) is 0 Å². The second-order valence-corrected chi connectivity index (χ2v) is 6.46. The Morgan fingerprint density at radius 3 is 2.60 bits per heavy atom. The van der Waals surface area contributed by atoms with E-state index in [1.165, 1.54) is 0 Å². The fourth-order valence-corrected chi connectivity index (χ4v) is 2.85. The third-order valence-electron chi connectivity index (χ3n) is 3.52. The average Bonchev–Trinajstić information content (AvgIpc) is 2.47. The Balaban J connectivity index is 2.16. The van der Waals surface area contributed by atoms with Crippen molar-refractivity contribution >= 4 is 22.1 Å². The molecule has 1 N–H and O–H groups in total. The van der Waals surface area contributed by atoms with Crippen molar-refractivity contribution in [1.29, 1.82) is 0 Å². The Hall–Kier alpha value is -1.29. The highest BCUT2D eigenvalue weighted by atomic mass is 32.2. The summed E-state index contributed by atoms with van der Waals surface area (Å²) in [6, 6.07) is 0. The first-order chi connectivity index (χ1) is 9.04. The second kappa shape index (κ2) is 4.62. The van der Waals surface area contributed by atoms with Gasteiger partial charge in [-0.15, -0.1) is 0 Å². The van der Waals surface area contributed by atoms with Gasteiger partial charge in [0.25, 0.3) is 0 Å². The first kappa shape index (κ1) is 15.1. The van der Waals surface area contributed by atoms with Gasteiger partial charge in [-0.05, 0) is 12.3 Å². The molecule has 7 nitrogen and oxygen atoms in total. The molecule has 20 heavy (non-hydrogen) atoms. The van der Waals surface area contributed by atoms with Crippen molar-refractivity contribution in [2.24, 2.45) is 11.8 Å². The molecule has 10 heteroatoms. The van der Waals surface area contributed by atoms with Crippen molar-refractivity contribution < 1.29 is 40.8 Å². The summed E-state index contributed by atoms with van der Waals surface area (Å²) >= 11 is 0. The lowest BCUT2D eigenvalue weighted by Gasteiger charge is -2.30. The number of alkyl halides is 2. The van der Waals surface area contributed by atoms with Crippen LogP contribution in [0, 0.1) is 11.8 Å².